The van der Waals surface area contributed by atoms with E-state index in [1.807, 2.05) is 0 Å². The normalized spacial score (nSPS) is 15.0. The molecule has 7 heteroatoms. The minimum atomic E-state index is -1.23. The number of nitrogens with zero attached hydrogens (tertiary/aromatic N) is 1. The molecule has 2 rings (SSSR count). The lowest BCUT2D eigenvalue weighted by molar-refractivity contribution is -0.137. The van der Waals surface area contributed by atoms with Gasteiger partial charge in [-0.1, -0.05) is 18.2 Å². The molecule has 7 nitrogen and oxygen atoms in total. The van der Waals surface area contributed by atoms with Gasteiger partial charge in [-0.05, 0) is 12.1 Å². The Labute approximate surface area is 120 Å². The van der Waals surface area contributed by atoms with E-state index in [-0.39, 0.29) is 18.7 Å². The largest absolute Gasteiger partial charge is 0.511 e. The third-order valence-electron chi connectivity index (χ3n) is 3.01. The van der Waals surface area contributed by atoms with Crippen LogP contribution in [-0.4, -0.2) is 41.1 Å². The van der Waals surface area contributed by atoms with Gasteiger partial charge in [0.25, 0.3) is 11.8 Å². The van der Waals surface area contributed by atoms with E-state index in [9.17, 15) is 19.5 Å². The number of nitrogens with one attached hydrogen (secondary N) is 1. The molecule has 110 valence electrons. The number of carboxylic acids is 1. The van der Waals surface area contributed by atoms with Crippen LogP contribution in [0.25, 0.3) is 0 Å². The zero-order valence-electron chi connectivity index (χ0n) is 11.1. The lowest BCUT2D eigenvalue weighted by Gasteiger charge is -2.28. The standard InChI is InChI=1S/C14H14N2O5/c17-10-6-7-16(9-4-2-1-3-5-9)14(21)12(10)13(20)15-8-11(18)19/h1-5,17H,6-8H2,(H,15,20)(H,18,19). The fourth-order valence-corrected chi connectivity index (χ4v) is 2.03. The molecular weight excluding hydrogens is 276 g/mol. The highest BCUT2D eigenvalue weighted by molar-refractivity contribution is 6.24. The fraction of sp³-hybridized carbons (Fsp3) is 0.214. The Morgan fingerprint density at radius 2 is 1.90 bits per heavy atom. The van der Waals surface area contributed by atoms with E-state index in [0.717, 1.165) is 0 Å². The van der Waals surface area contributed by atoms with Crippen molar-refractivity contribution >= 4 is 23.5 Å². The lowest BCUT2D eigenvalue weighted by atomic mass is 10.0. The topological polar surface area (TPSA) is 107 Å². The minimum absolute atomic E-state index is 0.135. The van der Waals surface area contributed by atoms with Gasteiger partial charge in [0.2, 0.25) is 0 Å². The van der Waals surface area contributed by atoms with E-state index in [0.29, 0.717) is 5.69 Å². The maximum atomic E-state index is 12.3. The summed E-state index contributed by atoms with van der Waals surface area (Å²) in [6, 6.07) is 8.74. The first-order valence-corrected chi connectivity index (χ1v) is 6.29. The number of para-hydroxylation sites is 1. The summed E-state index contributed by atoms with van der Waals surface area (Å²) in [7, 11) is 0. The first kappa shape index (κ1) is 14.6. The number of carbonyl (C=O) groups is 3. The third kappa shape index (κ3) is 3.19. The Bertz CT molecular complexity index is 609. The van der Waals surface area contributed by atoms with Gasteiger partial charge in [-0.15, -0.1) is 0 Å². The maximum absolute atomic E-state index is 12.3. The molecule has 2 amide bonds. The zero-order valence-corrected chi connectivity index (χ0v) is 11.1. The maximum Gasteiger partial charge on any atom is 0.322 e. The smallest absolute Gasteiger partial charge is 0.322 e. The van der Waals surface area contributed by atoms with Gasteiger partial charge in [0.1, 0.15) is 17.9 Å². The SMILES string of the molecule is O=C(O)CNC(=O)C1=C(O)CCN(c2ccccc2)C1=O. The van der Waals surface area contributed by atoms with Crippen molar-refractivity contribution < 1.29 is 24.6 Å². The summed E-state index contributed by atoms with van der Waals surface area (Å²) in [4.78, 5) is 36.0. The Morgan fingerprint density at radius 3 is 2.52 bits per heavy atom. The van der Waals surface area contributed by atoms with Crippen molar-refractivity contribution in [3.63, 3.8) is 0 Å². The van der Waals surface area contributed by atoms with Crippen LogP contribution in [0.4, 0.5) is 5.69 Å². The summed E-state index contributed by atoms with van der Waals surface area (Å²) in [5.74, 6) is -3.09. The highest BCUT2D eigenvalue weighted by atomic mass is 16.4. The number of aliphatic carboxylic acids is 1. The van der Waals surface area contributed by atoms with E-state index in [2.05, 4.69) is 5.32 Å². The second-order valence-corrected chi connectivity index (χ2v) is 4.44. The predicted molar refractivity (Wildman–Crippen MR) is 73.7 cm³/mol. The van der Waals surface area contributed by atoms with Gasteiger partial charge >= 0.3 is 5.97 Å². The van der Waals surface area contributed by atoms with E-state index in [1.165, 1.54) is 4.90 Å². The molecule has 0 radical (unpaired) electrons. The number of aliphatic hydroxyl groups is 1. The number of hydrogen-bond donors (Lipinski definition) is 3. The van der Waals surface area contributed by atoms with Crippen LogP contribution in [0.5, 0.6) is 0 Å². The van der Waals surface area contributed by atoms with Crippen molar-refractivity contribution in [3.05, 3.63) is 41.7 Å². The number of carboxylic acid groups (broad SMARTS) is 1. The zero-order chi connectivity index (χ0) is 15.4. The number of carbonyl (C=O) groups excluding carboxylic acids is 2. The van der Waals surface area contributed by atoms with Gasteiger partial charge < -0.3 is 20.4 Å². The second kappa shape index (κ2) is 6.08. The minimum Gasteiger partial charge on any atom is -0.511 e. The molecule has 0 saturated heterocycles. The van der Waals surface area contributed by atoms with Crippen molar-refractivity contribution in [2.75, 3.05) is 18.0 Å². The van der Waals surface area contributed by atoms with Crippen LogP contribution in [0.15, 0.2) is 41.7 Å². The summed E-state index contributed by atoms with van der Waals surface area (Å²) in [5, 5.41) is 20.4. The number of anilines is 1. The second-order valence-electron chi connectivity index (χ2n) is 4.44. The quantitative estimate of drug-likeness (QED) is 0.697. The molecule has 0 aromatic heterocycles. The Hall–Kier alpha value is -2.83. The molecule has 0 spiro atoms. The molecule has 0 atom stereocenters. The molecule has 1 heterocycles. The summed E-state index contributed by atoms with van der Waals surface area (Å²) in [6.07, 6.45) is 0.135. The monoisotopic (exact) mass is 290 g/mol. The van der Waals surface area contributed by atoms with Crippen molar-refractivity contribution in [2.24, 2.45) is 0 Å². The number of benzene rings is 1. The molecule has 21 heavy (non-hydrogen) atoms. The van der Waals surface area contributed by atoms with Crippen LogP contribution in [0.1, 0.15) is 6.42 Å². The Kier molecular flexibility index (Phi) is 4.22. The fourth-order valence-electron chi connectivity index (χ4n) is 2.03. The highest BCUT2D eigenvalue weighted by Crippen LogP contribution is 2.23. The van der Waals surface area contributed by atoms with Crippen LogP contribution in [0, 0.1) is 0 Å². The lowest BCUT2D eigenvalue weighted by Crippen LogP contribution is -2.43. The van der Waals surface area contributed by atoms with E-state index in [1.54, 1.807) is 30.3 Å². The Morgan fingerprint density at radius 1 is 1.24 bits per heavy atom. The van der Waals surface area contributed by atoms with Gasteiger partial charge in [0.05, 0.1) is 0 Å². The molecule has 1 aliphatic heterocycles. The third-order valence-corrected chi connectivity index (χ3v) is 3.01. The predicted octanol–water partition coefficient (Wildman–Crippen LogP) is 0.436. The first-order chi connectivity index (χ1) is 10.0. The summed E-state index contributed by atoms with van der Waals surface area (Å²) < 4.78 is 0. The molecule has 0 fully saturated rings. The van der Waals surface area contributed by atoms with Gasteiger partial charge in [-0.2, -0.15) is 0 Å². The van der Waals surface area contributed by atoms with Crippen molar-refractivity contribution in [1.29, 1.82) is 0 Å². The van der Waals surface area contributed by atoms with Crippen molar-refractivity contribution in [3.8, 4) is 0 Å². The number of hydrogen-bond acceptors (Lipinski definition) is 4. The molecule has 0 unspecified atom stereocenters. The molecule has 0 bridgehead atoms. The van der Waals surface area contributed by atoms with Crippen LogP contribution >= 0.6 is 0 Å². The van der Waals surface area contributed by atoms with Crippen LogP contribution in [0.3, 0.4) is 0 Å². The molecule has 1 aliphatic rings. The summed E-state index contributed by atoms with van der Waals surface area (Å²) in [5.41, 5.74) is 0.199. The van der Waals surface area contributed by atoms with E-state index in [4.69, 9.17) is 5.11 Å². The molecule has 1 aromatic carbocycles. The molecule has 0 saturated carbocycles. The molecule has 1 aromatic rings. The first-order valence-electron chi connectivity index (χ1n) is 6.29. The van der Waals surface area contributed by atoms with Gasteiger partial charge in [-0.3, -0.25) is 14.4 Å². The summed E-state index contributed by atoms with van der Waals surface area (Å²) >= 11 is 0. The average molecular weight is 290 g/mol. The van der Waals surface area contributed by atoms with Crippen LogP contribution < -0.4 is 10.2 Å². The van der Waals surface area contributed by atoms with Gasteiger partial charge in [0, 0.05) is 18.7 Å². The van der Waals surface area contributed by atoms with Gasteiger partial charge in [-0.25, -0.2) is 0 Å². The number of amides is 2. The van der Waals surface area contributed by atoms with E-state index < -0.39 is 29.9 Å². The van der Waals surface area contributed by atoms with Crippen molar-refractivity contribution in [1.82, 2.24) is 5.32 Å². The van der Waals surface area contributed by atoms with Crippen molar-refractivity contribution in [2.45, 2.75) is 6.42 Å². The molecule has 3 N–H and O–H groups in total. The van der Waals surface area contributed by atoms with E-state index >= 15 is 0 Å². The highest BCUT2D eigenvalue weighted by Gasteiger charge is 2.32. The number of aliphatic hydroxyl groups excluding tert-OH is 1. The van der Waals surface area contributed by atoms with Gasteiger partial charge in [0.15, 0.2) is 0 Å². The number of rotatable bonds is 4. The van der Waals surface area contributed by atoms with Crippen LogP contribution in [0.2, 0.25) is 0 Å². The summed E-state index contributed by atoms with van der Waals surface area (Å²) in [6.45, 7) is -0.362. The molecule has 0 aliphatic carbocycles. The Balaban J connectivity index is 2.22. The molecular formula is C14H14N2O5. The average Bonchev–Trinajstić information content (AvgIpc) is 2.46. The van der Waals surface area contributed by atoms with Crippen LogP contribution in [-0.2, 0) is 14.4 Å².